The van der Waals surface area contributed by atoms with Crippen molar-refractivity contribution in [3.63, 3.8) is 0 Å². The van der Waals surface area contributed by atoms with Crippen LogP contribution in [0.25, 0.3) is 10.9 Å². The molecule has 0 fully saturated rings. The molecule has 0 unspecified atom stereocenters. The Morgan fingerprint density at radius 2 is 2.00 bits per heavy atom. The Hall–Kier alpha value is -3.14. The summed E-state index contributed by atoms with van der Waals surface area (Å²) in [6, 6.07) is 5.27. The molecule has 4 aromatic rings. The van der Waals surface area contributed by atoms with E-state index in [9.17, 15) is 9.90 Å². The Bertz CT molecular complexity index is 1290. The summed E-state index contributed by atoms with van der Waals surface area (Å²) in [7, 11) is 0. The minimum atomic E-state index is -0.927. The molecule has 11 heteroatoms. The smallest absolute Gasteiger partial charge is 0.276 e. The number of hydrogen-bond donors (Lipinski definition) is 3. The third kappa shape index (κ3) is 5.27. The van der Waals surface area contributed by atoms with E-state index in [2.05, 4.69) is 25.6 Å². The number of nitrogens with one attached hydrogen (secondary N) is 2. The number of hydrogen-bond acceptors (Lipinski definition) is 6. The quantitative estimate of drug-likeness (QED) is 0.349. The molecule has 33 heavy (non-hydrogen) atoms. The molecule has 3 N–H and O–H groups in total. The van der Waals surface area contributed by atoms with Gasteiger partial charge in [-0.15, -0.1) is 0 Å². The molecule has 1 atom stereocenters. The first kappa shape index (κ1) is 23.0. The van der Waals surface area contributed by atoms with Gasteiger partial charge in [0.05, 0.1) is 39.6 Å². The minimum Gasteiger partial charge on any atom is -0.486 e. The summed E-state index contributed by atoms with van der Waals surface area (Å²) in [5, 5.41) is 25.3. The van der Waals surface area contributed by atoms with Gasteiger partial charge in [-0.2, -0.15) is 10.2 Å². The third-order valence-corrected chi connectivity index (χ3v) is 5.40. The van der Waals surface area contributed by atoms with Gasteiger partial charge in [0.25, 0.3) is 5.91 Å². The van der Waals surface area contributed by atoms with Crippen LogP contribution in [0.1, 0.15) is 42.9 Å². The van der Waals surface area contributed by atoms with E-state index in [1.54, 1.807) is 42.9 Å². The lowest BCUT2D eigenvalue weighted by Crippen LogP contribution is -2.26. The Morgan fingerprint density at radius 1 is 1.27 bits per heavy atom. The van der Waals surface area contributed by atoms with Crippen LogP contribution in [0, 0.1) is 0 Å². The summed E-state index contributed by atoms with van der Waals surface area (Å²) in [5.41, 5.74) is 1.07. The molecule has 0 aliphatic rings. The van der Waals surface area contributed by atoms with Crippen LogP contribution in [0.15, 0.2) is 43.0 Å². The fourth-order valence-corrected chi connectivity index (χ4v) is 4.09. The second-order valence-corrected chi connectivity index (χ2v) is 9.06. The number of ether oxygens (including phenoxy) is 1. The summed E-state index contributed by atoms with van der Waals surface area (Å²) in [5.74, 6) is 0.113. The van der Waals surface area contributed by atoms with Crippen LogP contribution in [0.3, 0.4) is 0 Å². The second-order valence-electron chi connectivity index (χ2n) is 8.25. The van der Waals surface area contributed by atoms with Crippen LogP contribution in [0.2, 0.25) is 10.0 Å². The molecular formula is C22H22Cl2N6O3. The highest BCUT2D eigenvalue weighted by Crippen LogP contribution is 2.33. The molecule has 0 radical (unpaired) electrons. The Labute approximate surface area is 199 Å². The lowest BCUT2D eigenvalue weighted by Gasteiger charge is -2.17. The lowest BCUT2D eigenvalue weighted by atomic mass is 10.1. The maximum Gasteiger partial charge on any atom is 0.276 e. The Balaban J connectivity index is 1.54. The van der Waals surface area contributed by atoms with E-state index in [1.807, 2.05) is 6.92 Å². The first-order chi connectivity index (χ1) is 15.6. The van der Waals surface area contributed by atoms with Crippen LogP contribution in [0.5, 0.6) is 5.75 Å². The van der Waals surface area contributed by atoms with E-state index < -0.39 is 17.6 Å². The summed E-state index contributed by atoms with van der Waals surface area (Å²) in [6.07, 6.45) is 5.72. The zero-order valence-corrected chi connectivity index (χ0v) is 19.6. The largest absolute Gasteiger partial charge is 0.486 e. The molecule has 9 nitrogen and oxygen atoms in total. The number of pyridine rings is 1. The van der Waals surface area contributed by atoms with E-state index in [1.165, 1.54) is 18.6 Å². The zero-order chi connectivity index (χ0) is 23.8. The molecule has 0 bridgehead atoms. The number of H-pyrrole nitrogens is 1. The van der Waals surface area contributed by atoms with Gasteiger partial charge in [0.1, 0.15) is 11.9 Å². The lowest BCUT2D eigenvalue weighted by molar-refractivity contribution is 0.0577. The highest BCUT2D eigenvalue weighted by atomic mass is 35.5. The van der Waals surface area contributed by atoms with E-state index in [0.717, 1.165) is 0 Å². The van der Waals surface area contributed by atoms with E-state index in [-0.39, 0.29) is 5.69 Å². The van der Waals surface area contributed by atoms with Gasteiger partial charge in [-0.1, -0.05) is 23.2 Å². The molecule has 3 aromatic heterocycles. The van der Waals surface area contributed by atoms with E-state index in [4.69, 9.17) is 27.9 Å². The van der Waals surface area contributed by atoms with Crippen LogP contribution in [0.4, 0.5) is 5.69 Å². The molecule has 0 aliphatic heterocycles. The first-order valence-electron chi connectivity index (χ1n) is 10.1. The van der Waals surface area contributed by atoms with Crippen molar-refractivity contribution in [3.8, 4) is 5.75 Å². The van der Waals surface area contributed by atoms with Gasteiger partial charge < -0.3 is 15.2 Å². The summed E-state index contributed by atoms with van der Waals surface area (Å²) >= 11 is 12.5. The number of amides is 1. The number of aromatic nitrogens is 5. The van der Waals surface area contributed by atoms with Crippen molar-refractivity contribution in [1.82, 2.24) is 25.0 Å². The van der Waals surface area contributed by atoms with Gasteiger partial charge in [0.15, 0.2) is 5.69 Å². The maximum absolute atomic E-state index is 12.9. The number of rotatable bonds is 7. The number of anilines is 1. The highest BCUT2D eigenvalue weighted by Gasteiger charge is 2.20. The second kappa shape index (κ2) is 9.01. The molecule has 0 aliphatic carbocycles. The molecule has 0 saturated carbocycles. The molecule has 1 aromatic carbocycles. The minimum absolute atomic E-state index is 0.207. The monoisotopic (exact) mass is 488 g/mol. The summed E-state index contributed by atoms with van der Waals surface area (Å²) in [4.78, 5) is 16.8. The van der Waals surface area contributed by atoms with Crippen LogP contribution in [-0.2, 0) is 6.54 Å². The van der Waals surface area contributed by atoms with Crippen molar-refractivity contribution >= 4 is 45.7 Å². The SMILES string of the molecule is C[C@@H](Oc1ccc2[nH]nc(C(=O)Nc3cnn(CC(C)(C)O)c3)c2c1)c1c(Cl)cncc1Cl. The molecule has 0 saturated heterocycles. The van der Waals surface area contributed by atoms with Crippen molar-refractivity contribution in [3.05, 3.63) is 64.3 Å². The maximum atomic E-state index is 12.9. The van der Waals surface area contributed by atoms with Gasteiger partial charge in [0.2, 0.25) is 0 Å². The van der Waals surface area contributed by atoms with Crippen molar-refractivity contribution in [2.24, 2.45) is 0 Å². The number of fused-ring (bicyclic) bond motifs is 1. The number of benzene rings is 1. The van der Waals surface area contributed by atoms with Gasteiger partial charge >= 0.3 is 0 Å². The number of carbonyl (C=O) groups excluding carboxylic acids is 1. The first-order valence-corrected chi connectivity index (χ1v) is 10.9. The van der Waals surface area contributed by atoms with E-state index >= 15 is 0 Å². The van der Waals surface area contributed by atoms with E-state index in [0.29, 0.717) is 44.5 Å². The van der Waals surface area contributed by atoms with Gasteiger partial charge in [-0.3, -0.25) is 19.6 Å². The normalized spacial score (nSPS) is 12.7. The molecule has 4 rings (SSSR count). The zero-order valence-electron chi connectivity index (χ0n) is 18.1. The fourth-order valence-electron chi connectivity index (χ4n) is 3.41. The molecule has 1 amide bonds. The number of carbonyl (C=O) groups is 1. The van der Waals surface area contributed by atoms with Crippen molar-refractivity contribution in [2.45, 2.75) is 39.0 Å². The Morgan fingerprint density at radius 3 is 2.70 bits per heavy atom. The standard InChI is InChI=1S/C22H22Cl2N6O3/c1-12(19-16(23)8-25-9-17(19)24)33-14-4-5-18-15(6-14)20(29-28-18)21(31)27-13-7-26-30(10-13)11-22(2,3)32/h4-10,12,32H,11H2,1-3H3,(H,27,31)(H,28,29)/t12-/m1/s1. The highest BCUT2D eigenvalue weighted by molar-refractivity contribution is 6.35. The number of halogens is 2. The average Bonchev–Trinajstić information content (AvgIpc) is 3.32. The molecular weight excluding hydrogens is 467 g/mol. The third-order valence-electron chi connectivity index (χ3n) is 4.80. The van der Waals surface area contributed by atoms with Gasteiger partial charge in [-0.25, -0.2) is 0 Å². The van der Waals surface area contributed by atoms with Gasteiger partial charge in [0, 0.05) is 29.5 Å². The average molecular weight is 489 g/mol. The summed E-state index contributed by atoms with van der Waals surface area (Å²) < 4.78 is 7.59. The topological polar surface area (TPSA) is 118 Å². The van der Waals surface area contributed by atoms with Gasteiger partial charge in [-0.05, 0) is 39.0 Å². The predicted molar refractivity (Wildman–Crippen MR) is 126 cm³/mol. The Kier molecular flexibility index (Phi) is 6.29. The molecule has 172 valence electrons. The number of aromatic amines is 1. The van der Waals surface area contributed by atoms with Crippen molar-refractivity contribution in [2.75, 3.05) is 5.32 Å². The summed E-state index contributed by atoms with van der Waals surface area (Å²) in [6.45, 7) is 5.48. The fraction of sp³-hybridized carbons (Fsp3) is 0.273. The van der Waals surface area contributed by atoms with Crippen LogP contribution >= 0.6 is 23.2 Å². The van der Waals surface area contributed by atoms with Crippen LogP contribution < -0.4 is 10.1 Å². The molecule has 3 heterocycles. The number of nitrogens with zero attached hydrogens (tertiary/aromatic N) is 4. The number of aliphatic hydroxyl groups is 1. The van der Waals surface area contributed by atoms with Crippen molar-refractivity contribution in [1.29, 1.82) is 0 Å². The molecule has 0 spiro atoms. The predicted octanol–water partition coefficient (Wildman–Crippen LogP) is 4.62. The van der Waals surface area contributed by atoms with Crippen molar-refractivity contribution < 1.29 is 14.6 Å². The van der Waals surface area contributed by atoms with Crippen LogP contribution in [-0.4, -0.2) is 41.6 Å².